The SMILES string of the molecule is O=C(Nc1cccc(S(=O)(=O)Nc2cccc(C(F)(F)F)c2)c1)c1cc(-c2ccccc2)nc2ccccc12. The minimum Gasteiger partial charge on any atom is -0.322 e. The van der Waals surface area contributed by atoms with Gasteiger partial charge in [-0.15, -0.1) is 0 Å². The van der Waals surface area contributed by atoms with E-state index >= 15 is 0 Å². The van der Waals surface area contributed by atoms with Crippen LogP contribution < -0.4 is 10.0 Å². The van der Waals surface area contributed by atoms with Crippen LogP contribution in [0.1, 0.15) is 15.9 Å². The topological polar surface area (TPSA) is 88.2 Å². The number of rotatable bonds is 6. The van der Waals surface area contributed by atoms with Crippen LogP contribution in [0.25, 0.3) is 22.2 Å². The Balaban J connectivity index is 1.44. The summed E-state index contributed by atoms with van der Waals surface area (Å²) in [6.45, 7) is 0. The summed E-state index contributed by atoms with van der Waals surface area (Å²) in [7, 11) is -4.25. The van der Waals surface area contributed by atoms with Gasteiger partial charge in [-0.3, -0.25) is 9.52 Å². The Labute approximate surface area is 222 Å². The van der Waals surface area contributed by atoms with Crippen molar-refractivity contribution in [3.63, 3.8) is 0 Å². The Bertz CT molecular complexity index is 1790. The van der Waals surface area contributed by atoms with E-state index in [9.17, 15) is 26.4 Å². The molecule has 0 fully saturated rings. The van der Waals surface area contributed by atoms with E-state index in [0.717, 1.165) is 17.7 Å². The summed E-state index contributed by atoms with van der Waals surface area (Å²) in [5.74, 6) is -0.480. The van der Waals surface area contributed by atoms with Gasteiger partial charge in [0.15, 0.2) is 0 Å². The van der Waals surface area contributed by atoms with Crippen molar-refractivity contribution in [2.24, 2.45) is 0 Å². The summed E-state index contributed by atoms with van der Waals surface area (Å²) in [5.41, 5.74) is 1.35. The predicted molar refractivity (Wildman–Crippen MR) is 144 cm³/mol. The first-order chi connectivity index (χ1) is 18.6. The molecule has 5 rings (SSSR count). The Morgan fingerprint density at radius 2 is 1.44 bits per heavy atom. The zero-order valence-electron chi connectivity index (χ0n) is 20.1. The molecule has 10 heteroatoms. The van der Waals surface area contributed by atoms with Crippen LogP contribution in [0.4, 0.5) is 24.5 Å². The Kier molecular flexibility index (Phi) is 6.80. The van der Waals surface area contributed by atoms with Gasteiger partial charge < -0.3 is 5.32 Å². The van der Waals surface area contributed by atoms with Gasteiger partial charge in [-0.25, -0.2) is 13.4 Å². The lowest BCUT2D eigenvalue weighted by molar-refractivity contribution is -0.137. The molecule has 0 saturated carbocycles. The predicted octanol–water partition coefficient (Wildman–Crippen LogP) is 6.97. The van der Waals surface area contributed by atoms with E-state index in [1.807, 2.05) is 36.4 Å². The number of nitrogens with zero attached hydrogens (tertiary/aromatic N) is 1. The van der Waals surface area contributed by atoms with Gasteiger partial charge >= 0.3 is 6.18 Å². The zero-order chi connectivity index (χ0) is 27.6. The highest BCUT2D eigenvalue weighted by Crippen LogP contribution is 2.31. The largest absolute Gasteiger partial charge is 0.416 e. The van der Waals surface area contributed by atoms with Crippen LogP contribution in [0.2, 0.25) is 0 Å². The maximum atomic E-state index is 13.4. The van der Waals surface area contributed by atoms with Crippen LogP contribution >= 0.6 is 0 Å². The fourth-order valence-electron chi connectivity index (χ4n) is 4.03. The van der Waals surface area contributed by atoms with Crippen LogP contribution in [0.3, 0.4) is 0 Å². The number of fused-ring (bicyclic) bond motifs is 1. The maximum Gasteiger partial charge on any atom is 0.416 e. The number of benzene rings is 4. The Hall–Kier alpha value is -4.70. The molecule has 1 amide bonds. The van der Waals surface area contributed by atoms with Gasteiger partial charge in [0, 0.05) is 22.3 Å². The number of aromatic nitrogens is 1. The quantitative estimate of drug-likeness (QED) is 0.240. The lowest BCUT2D eigenvalue weighted by atomic mass is 10.0. The van der Waals surface area contributed by atoms with Gasteiger partial charge in [-0.2, -0.15) is 13.2 Å². The summed E-state index contributed by atoms with van der Waals surface area (Å²) < 4.78 is 67.1. The highest BCUT2D eigenvalue weighted by molar-refractivity contribution is 7.92. The van der Waals surface area contributed by atoms with E-state index in [2.05, 4.69) is 15.0 Å². The molecule has 6 nitrogen and oxygen atoms in total. The molecule has 0 aliphatic heterocycles. The standard InChI is InChI=1S/C29H20F3N3O3S/c30-29(31,32)20-10-6-12-22(16-20)35-39(37,38)23-13-7-11-21(17-23)33-28(36)25-18-27(19-8-2-1-3-9-19)34-26-15-5-4-14-24(25)26/h1-18,35H,(H,33,36). The second-order valence-corrected chi connectivity index (χ2v) is 10.3. The van der Waals surface area contributed by atoms with Crippen molar-refractivity contribution in [1.29, 1.82) is 0 Å². The molecular weight excluding hydrogens is 527 g/mol. The highest BCUT2D eigenvalue weighted by Gasteiger charge is 2.30. The molecule has 2 N–H and O–H groups in total. The van der Waals surface area contributed by atoms with Gasteiger partial charge in [-0.05, 0) is 48.5 Å². The molecule has 196 valence electrons. The van der Waals surface area contributed by atoms with Crippen molar-refractivity contribution in [2.45, 2.75) is 11.1 Å². The van der Waals surface area contributed by atoms with E-state index in [4.69, 9.17) is 0 Å². The summed E-state index contributed by atoms with van der Waals surface area (Å²) in [6.07, 6.45) is -4.62. The van der Waals surface area contributed by atoms with Crippen LogP contribution in [-0.2, 0) is 16.2 Å². The number of nitrogens with one attached hydrogen (secondary N) is 2. The Morgan fingerprint density at radius 3 is 2.21 bits per heavy atom. The summed E-state index contributed by atoms with van der Waals surface area (Å²) in [6, 6.07) is 27.6. The lowest BCUT2D eigenvalue weighted by Gasteiger charge is -2.13. The van der Waals surface area contributed by atoms with E-state index in [-0.39, 0.29) is 16.3 Å². The van der Waals surface area contributed by atoms with Crippen LogP contribution in [0, 0.1) is 0 Å². The van der Waals surface area contributed by atoms with Crippen molar-refractivity contribution in [2.75, 3.05) is 10.0 Å². The first-order valence-corrected chi connectivity index (χ1v) is 13.2. The molecule has 5 aromatic rings. The number of carbonyl (C=O) groups excluding carboxylic acids is 1. The number of alkyl halides is 3. The molecule has 1 aromatic heterocycles. The minimum absolute atomic E-state index is 0.189. The van der Waals surface area contributed by atoms with Gasteiger partial charge in [0.1, 0.15) is 0 Å². The lowest BCUT2D eigenvalue weighted by Crippen LogP contribution is -2.16. The number of halogens is 3. The molecule has 0 saturated heterocycles. The molecule has 0 aliphatic carbocycles. The normalized spacial score (nSPS) is 11.8. The highest BCUT2D eigenvalue weighted by atomic mass is 32.2. The van der Waals surface area contributed by atoms with E-state index in [1.54, 1.807) is 24.3 Å². The smallest absolute Gasteiger partial charge is 0.322 e. The third kappa shape index (κ3) is 5.75. The molecule has 0 spiro atoms. The number of amides is 1. The van der Waals surface area contributed by atoms with Crippen molar-refractivity contribution in [3.05, 3.63) is 120 Å². The van der Waals surface area contributed by atoms with E-state index in [0.29, 0.717) is 28.2 Å². The number of para-hydroxylation sites is 1. The van der Waals surface area contributed by atoms with Crippen molar-refractivity contribution in [3.8, 4) is 11.3 Å². The molecular formula is C29H20F3N3O3S. The first-order valence-electron chi connectivity index (χ1n) is 11.7. The fraction of sp³-hybridized carbons (Fsp3) is 0.0345. The summed E-state index contributed by atoms with van der Waals surface area (Å²) in [4.78, 5) is 17.8. The van der Waals surface area contributed by atoms with Crippen LogP contribution in [0.5, 0.6) is 0 Å². The van der Waals surface area contributed by atoms with Gasteiger partial charge in [0.25, 0.3) is 15.9 Å². The number of anilines is 2. The number of hydrogen-bond acceptors (Lipinski definition) is 4. The molecule has 39 heavy (non-hydrogen) atoms. The third-order valence-corrected chi connectivity index (χ3v) is 7.25. The van der Waals surface area contributed by atoms with Gasteiger partial charge in [-0.1, -0.05) is 60.7 Å². The average molecular weight is 548 g/mol. The van der Waals surface area contributed by atoms with Crippen molar-refractivity contribution in [1.82, 2.24) is 4.98 Å². The number of carbonyl (C=O) groups is 1. The number of sulfonamides is 1. The second kappa shape index (κ2) is 10.2. The number of pyridine rings is 1. The van der Waals surface area contributed by atoms with Crippen LogP contribution in [-0.4, -0.2) is 19.3 Å². The van der Waals surface area contributed by atoms with E-state index < -0.39 is 27.7 Å². The molecule has 0 unspecified atom stereocenters. The van der Waals surface area contributed by atoms with Gasteiger partial charge in [0.2, 0.25) is 0 Å². The first kappa shape index (κ1) is 25.9. The van der Waals surface area contributed by atoms with Crippen molar-refractivity contribution < 1.29 is 26.4 Å². The summed E-state index contributed by atoms with van der Waals surface area (Å²) >= 11 is 0. The maximum absolute atomic E-state index is 13.4. The number of hydrogen-bond donors (Lipinski definition) is 2. The van der Waals surface area contributed by atoms with Gasteiger partial charge in [0.05, 0.1) is 27.2 Å². The molecule has 0 atom stereocenters. The molecule has 0 aliphatic rings. The van der Waals surface area contributed by atoms with Crippen molar-refractivity contribution >= 4 is 38.2 Å². The fourth-order valence-corrected chi connectivity index (χ4v) is 5.13. The minimum atomic E-state index is -4.62. The van der Waals surface area contributed by atoms with E-state index in [1.165, 1.54) is 30.3 Å². The third-order valence-electron chi connectivity index (χ3n) is 5.87. The molecule has 4 aromatic carbocycles. The zero-order valence-corrected chi connectivity index (χ0v) is 20.9. The Morgan fingerprint density at radius 1 is 0.744 bits per heavy atom. The second-order valence-electron chi connectivity index (χ2n) is 8.60. The molecule has 0 radical (unpaired) electrons. The monoisotopic (exact) mass is 547 g/mol. The molecule has 1 heterocycles. The molecule has 0 bridgehead atoms. The summed E-state index contributed by atoms with van der Waals surface area (Å²) in [5, 5.41) is 3.34. The van der Waals surface area contributed by atoms with Crippen LogP contribution in [0.15, 0.2) is 114 Å². The average Bonchev–Trinajstić information content (AvgIpc) is 2.92.